The first kappa shape index (κ1) is 26.5. The lowest BCUT2D eigenvalue weighted by atomic mass is 10.2. The van der Waals surface area contributed by atoms with E-state index in [4.69, 9.17) is 32.7 Å². The first-order chi connectivity index (χ1) is 16.8. The van der Waals surface area contributed by atoms with E-state index in [1.54, 1.807) is 66.7 Å². The third kappa shape index (κ3) is 9.24. The highest BCUT2D eigenvalue weighted by Gasteiger charge is 2.10. The molecule has 0 aliphatic heterocycles. The lowest BCUT2D eigenvalue weighted by molar-refractivity contribution is -0.147. The molecule has 182 valence electrons. The average molecular weight is 580 g/mol. The van der Waals surface area contributed by atoms with Crippen LogP contribution in [-0.2, 0) is 19.1 Å². The maximum absolute atomic E-state index is 12.1. The Morgan fingerprint density at radius 3 is 2.09 bits per heavy atom. The van der Waals surface area contributed by atoms with Crippen molar-refractivity contribution in [1.29, 1.82) is 0 Å². The molecule has 0 heterocycles. The Morgan fingerprint density at radius 2 is 1.43 bits per heavy atom. The highest BCUT2D eigenvalue weighted by atomic mass is 79.9. The molecule has 2 N–H and O–H groups in total. The van der Waals surface area contributed by atoms with Gasteiger partial charge in [-0.25, -0.2) is 0 Å². The standard InChI is InChI=1S/C25H21BrCl2N2O5/c26-16-4-7-18(8-5-16)30-24(32)15-34-25(33)3-1-2-23(31)29-19-9-11-20(12-10-19)35-22-13-6-17(27)14-21(22)28/h4-14H,1-3,15H2,(H,29,31)(H,30,32). The molecule has 0 aliphatic rings. The van der Waals surface area contributed by atoms with Gasteiger partial charge in [-0.3, -0.25) is 14.4 Å². The molecule has 0 unspecified atom stereocenters. The van der Waals surface area contributed by atoms with Gasteiger partial charge in [0.05, 0.1) is 5.02 Å². The molecule has 3 rings (SSSR count). The molecule has 10 heteroatoms. The van der Waals surface area contributed by atoms with E-state index < -0.39 is 18.5 Å². The van der Waals surface area contributed by atoms with Crippen LogP contribution in [0.15, 0.2) is 71.2 Å². The molecule has 0 bridgehead atoms. The number of nitrogens with one attached hydrogen (secondary N) is 2. The zero-order valence-electron chi connectivity index (χ0n) is 18.4. The molecule has 2 amide bonds. The minimum Gasteiger partial charge on any atom is -0.456 e. The third-order valence-corrected chi connectivity index (χ3v) is 5.60. The molecular formula is C25H21BrCl2N2O5. The van der Waals surface area contributed by atoms with E-state index in [9.17, 15) is 14.4 Å². The highest BCUT2D eigenvalue weighted by molar-refractivity contribution is 9.10. The van der Waals surface area contributed by atoms with Crippen molar-refractivity contribution in [2.75, 3.05) is 17.2 Å². The van der Waals surface area contributed by atoms with Gasteiger partial charge in [-0.2, -0.15) is 0 Å². The van der Waals surface area contributed by atoms with E-state index in [2.05, 4.69) is 26.6 Å². The van der Waals surface area contributed by atoms with Gasteiger partial charge in [0.2, 0.25) is 5.91 Å². The molecule has 0 spiro atoms. The fourth-order valence-corrected chi connectivity index (χ4v) is 3.57. The van der Waals surface area contributed by atoms with Gasteiger partial charge in [0.15, 0.2) is 6.61 Å². The summed E-state index contributed by atoms with van der Waals surface area (Å²) in [6.45, 7) is -0.392. The second-order valence-corrected chi connectivity index (χ2v) is 9.08. The van der Waals surface area contributed by atoms with Crippen LogP contribution >= 0.6 is 39.1 Å². The molecule has 3 aromatic carbocycles. The Kier molecular flexibility index (Phi) is 9.96. The third-order valence-electron chi connectivity index (χ3n) is 4.54. The lowest BCUT2D eigenvalue weighted by Gasteiger charge is -2.09. The van der Waals surface area contributed by atoms with Crippen molar-refractivity contribution < 1.29 is 23.9 Å². The van der Waals surface area contributed by atoms with Crippen molar-refractivity contribution in [3.63, 3.8) is 0 Å². The van der Waals surface area contributed by atoms with Gasteiger partial charge in [-0.15, -0.1) is 0 Å². The second kappa shape index (κ2) is 13.1. The predicted molar refractivity (Wildman–Crippen MR) is 139 cm³/mol. The molecule has 0 saturated heterocycles. The van der Waals surface area contributed by atoms with Crippen LogP contribution in [0.3, 0.4) is 0 Å². The van der Waals surface area contributed by atoms with Crippen LogP contribution in [0.2, 0.25) is 10.0 Å². The molecule has 0 aromatic heterocycles. The molecule has 7 nitrogen and oxygen atoms in total. The van der Waals surface area contributed by atoms with Crippen molar-refractivity contribution >= 4 is 68.3 Å². The number of esters is 1. The summed E-state index contributed by atoms with van der Waals surface area (Å²) < 4.78 is 11.5. The molecule has 0 radical (unpaired) electrons. The number of hydrogen-bond acceptors (Lipinski definition) is 5. The van der Waals surface area contributed by atoms with Crippen molar-refractivity contribution in [1.82, 2.24) is 0 Å². The summed E-state index contributed by atoms with van der Waals surface area (Å²) in [5.41, 5.74) is 1.18. The van der Waals surface area contributed by atoms with E-state index in [0.717, 1.165) is 4.47 Å². The van der Waals surface area contributed by atoms with Gasteiger partial charge < -0.3 is 20.1 Å². The number of halogens is 3. The fourth-order valence-electron chi connectivity index (χ4n) is 2.86. The first-order valence-electron chi connectivity index (χ1n) is 10.5. The van der Waals surface area contributed by atoms with Gasteiger partial charge in [-0.1, -0.05) is 39.1 Å². The summed E-state index contributed by atoms with van der Waals surface area (Å²) >= 11 is 15.3. The summed E-state index contributed by atoms with van der Waals surface area (Å²) in [6, 6.07) is 18.7. The molecule has 0 atom stereocenters. The second-order valence-electron chi connectivity index (χ2n) is 7.32. The number of anilines is 2. The zero-order chi connectivity index (χ0) is 25.2. The van der Waals surface area contributed by atoms with Gasteiger partial charge in [0.25, 0.3) is 5.91 Å². The molecule has 0 fully saturated rings. The summed E-state index contributed by atoms with van der Waals surface area (Å²) in [6.07, 6.45) is 0.432. The van der Waals surface area contributed by atoms with Gasteiger partial charge in [0, 0.05) is 33.7 Å². The Morgan fingerprint density at radius 1 is 0.800 bits per heavy atom. The first-order valence-corrected chi connectivity index (χ1v) is 12.1. The Labute approximate surface area is 220 Å². The van der Waals surface area contributed by atoms with E-state index in [-0.39, 0.29) is 25.2 Å². The van der Waals surface area contributed by atoms with Crippen molar-refractivity contribution in [3.05, 3.63) is 81.2 Å². The Bertz CT molecular complexity index is 1190. The minimum atomic E-state index is -0.550. The molecule has 35 heavy (non-hydrogen) atoms. The predicted octanol–water partition coefficient (Wildman–Crippen LogP) is 6.84. The van der Waals surface area contributed by atoms with Crippen LogP contribution in [0, 0.1) is 0 Å². The van der Waals surface area contributed by atoms with Crippen LogP contribution in [-0.4, -0.2) is 24.4 Å². The fraction of sp³-hybridized carbons (Fsp3) is 0.160. The smallest absolute Gasteiger partial charge is 0.306 e. The number of ether oxygens (including phenoxy) is 2. The number of carbonyl (C=O) groups excluding carboxylic acids is 3. The molecule has 3 aromatic rings. The monoisotopic (exact) mass is 578 g/mol. The van der Waals surface area contributed by atoms with Gasteiger partial charge in [-0.05, 0) is 73.2 Å². The number of rotatable bonds is 10. The van der Waals surface area contributed by atoms with E-state index in [1.165, 1.54) is 0 Å². The SMILES string of the molecule is O=C(CCCC(=O)OCC(=O)Nc1ccc(Br)cc1)Nc1ccc(Oc2ccc(Cl)cc2Cl)cc1. The van der Waals surface area contributed by atoms with Gasteiger partial charge in [0.1, 0.15) is 11.5 Å². The number of hydrogen-bond donors (Lipinski definition) is 2. The highest BCUT2D eigenvalue weighted by Crippen LogP contribution is 2.32. The Balaban J connectivity index is 1.34. The number of carbonyl (C=O) groups is 3. The average Bonchev–Trinajstić information content (AvgIpc) is 2.82. The maximum Gasteiger partial charge on any atom is 0.306 e. The van der Waals surface area contributed by atoms with E-state index in [0.29, 0.717) is 32.9 Å². The van der Waals surface area contributed by atoms with Crippen LogP contribution in [0.4, 0.5) is 11.4 Å². The number of amides is 2. The summed E-state index contributed by atoms with van der Waals surface area (Å²) in [5.74, 6) is -0.236. The van der Waals surface area contributed by atoms with Crippen LogP contribution in [0.1, 0.15) is 19.3 Å². The van der Waals surface area contributed by atoms with E-state index in [1.807, 2.05) is 0 Å². The molecule has 0 aliphatic carbocycles. The Hall–Kier alpha value is -3.07. The lowest BCUT2D eigenvalue weighted by Crippen LogP contribution is -2.21. The quantitative estimate of drug-likeness (QED) is 0.256. The topological polar surface area (TPSA) is 93.7 Å². The van der Waals surface area contributed by atoms with Crippen molar-refractivity contribution in [2.24, 2.45) is 0 Å². The molecular weight excluding hydrogens is 559 g/mol. The van der Waals surface area contributed by atoms with Crippen molar-refractivity contribution in [2.45, 2.75) is 19.3 Å². The van der Waals surface area contributed by atoms with Gasteiger partial charge >= 0.3 is 5.97 Å². The zero-order valence-corrected chi connectivity index (χ0v) is 21.5. The number of benzene rings is 3. The van der Waals surface area contributed by atoms with Crippen LogP contribution < -0.4 is 15.4 Å². The van der Waals surface area contributed by atoms with E-state index >= 15 is 0 Å². The molecule has 0 saturated carbocycles. The minimum absolute atomic E-state index is 0.0214. The van der Waals surface area contributed by atoms with Crippen molar-refractivity contribution in [3.8, 4) is 11.5 Å². The van der Waals surface area contributed by atoms with Crippen LogP contribution in [0.5, 0.6) is 11.5 Å². The summed E-state index contributed by atoms with van der Waals surface area (Å²) in [4.78, 5) is 35.9. The summed E-state index contributed by atoms with van der Waals surface area (Å²) in [7, 11) is 0. The largest absolute Gasteiger partial charge is 0.456 e. The summed E-state index contributed by atoms with van der Waals surface area (Å²) in [5, 5.41) is 6.27. The normalized spacial score (nSPS) is 10.4. The maximum atomic E-state index is 12.1. The van der Waals surface area contributed by atoms with Crippen LogP contribution in [0.25, 0.3) is 0 Å².